The van der Waals surface area contributed by atoms with Crippen molar-refractivity contribution in [1.82, 2.24) is 24.9 Å². The molecular weight excluding hydrogens is 395 g/mol. The lowest BCUT2D eigenvalue weighted by Gasteiger charge is -2.36. The van der Waals surface area contributed by atoms with Crippen molar-refractivity contribution in [2.45, 2.75) is 20.0 Å². The van der Waals surface area contributed by atoms with E-state index >= 15 is 0 Å². The molecule has 10 heteroatoms. The van der Waals surface area contributed by atoms with Gasteiger partial charge >= 0.3 is 6.18 Å². The number of halogens is 3. The SMILES string of the molecule is Cc1nc(-c2ccccn2)nc(N2CCN(c3nccc(C(F)(F)F)n3)CC2)c1C. The van der Waals surface area contributed by atoms with Crippen molar-refractivity contribution < 1.29 is 13.2 Å². The molecule has 1 fully saturated rings. The second-order valence-corrected chi connectivity index (χ2v) is 7.01. The van der Waals surface area contributed by atoms with Crippen LogP contribution in [-0.4, -0.2) is 51.1 Å². The van der Waals surface area contributed by atoms with Crippen LogP contribution in [0.3, 0.4) is 0 Å². The number of anilines is 2. The van der Waals surface area contributed by atoms with Gasteiger partial charge in [-0.05, 0) is 32.0 Å². The summed E-state index contributed by atoms with van der Waals surface area (Å²) in [6, 6.07) is 6.46. The standard InChI is InChI=1S/C20H20F3N7/c1-13-14(2)26-17(15-5-3-4-7-24-15)28-18(13)29-9-11-30(12-10-29)19-25-8-6-16(27-19)20(21,22)23/h3-8H,9-12H2,1-2H3. The third kappa shape index (κ3) is 4.03. The van der Waals surface area contributed by atoms with Gasteiger partial charge in [-0.2, -0.15) is 13.2 Å². The quantitative estimate of drug-likeness (QED) is 0.650. The summed E-state index contributed by atoms with van der Waals surface area (Å²) in [6.07, 6.45) is -1.65. The Labute approximate surface area is 171 Å². The molecule has 0 spiro atoms. The van der Waals surface area contributed by atoms with Crippen LogP contribution in [0.15, 0.2) is 36.7 Å². The molecular formula is C20H20F3N7. The normalized spacial score (nSPS) is 14.8. The molecule has 0 aromatic carbocycles. The summed E-state index contributed by atoms with van der Waals surface area (Å²) in [5, 5.41) is 0. The molecule has 7 nitrogen and oxygen atoms in total. The number of hydrogen-bond acceptors (Lipinski definition) is 7. The predicted molar refractivity (Wildman–Crippen MR) is 106 cm³/mol. The fourth-order valence-electron chi connectivity index (χ4n) is 3.31. The molecule has 1 aliphatic heterocycles. The van der Waals surface area contributed by atoms with Gasteiger partial charge in [0.25, 0.3) is 0 Å². The van der Waals surface area contributed by atoms with Crippen molar-refractivity contribution in [3.8, 4) is 11.5 Å². The molecule has 4 heterocycles. The minimum atomic E-state index is -4.49. The number of aryl methyl sites for hydroxylation is 1. The van der Waals surface area contributed by atoms with E-state index in [2.05, 4.69) is 24.8 Å². The van der Waals surface area contributed by atoms with E-state index in [1.807, 2.05) is 32.0 Å². The summed E-state index contributed by atoms with van der Waals surface area (Å²) in [4.78, 5) is 25.2. The van der Waals surface area contributed by atoms with Crippen molar-refractivity contribution in [3.63, 3.8) is 0 Å². The summed E-state index contributed by atoms with van der Waals surface area (Å²) in [5.74, 6) is 1.46. The van der Waals surface area contributed by atoms with E-state index < -0.39 is 11.9 Å². The van der Waals surface area contributed by atoms with Crippen LogP contribution < -0.4 is 9.80 Å². The topological polar surface area (TPSA) is 70.9 Å². The number of piperazine rings is 1. The Morgan fingerprint density at radius 1 is 0.833 bits per heavy atom. The lowest BCUT2D eigenvalue weighted by atomic mass is 10.2. The Balaban J connectivity index is 1.54. The van der Waals surface area contributed by atoms with Gasteiger partial charge in [0.1, 0.15) is 17.2 Å². The maximum Gasteiger partial charge on any atom is 0.433 e. The molecule has 3 aromatic rings. The van der Waals surface area contributed by atoms with Crippen LogP contribution in [0.1, 0.15) is 17.0 Å². The first kappa shape index (κ1) is 20.0. The number of hydrogen-bond donors (Lipinski definition) is 0. The van der Waals surface area contributed by atoms with Crippen LogP contribution in [0, 0.1) is 13.8 Å². The molecule has 156 valence electrons. The number of aromatic nitrogens is 5. The molecule has 3 aromatic heterocycles. The fraction of sp³-hybridized carbons (Fsp3) is 0.350. The minimum Gasteiger partial charge on any atom is -0.353 e. The third-order valence-corrected chi connectivity index (χ3v) is 5.05. The monoisotopic (exact) mass is 415 g/mol. The van der Waals surface area contributed by atoms with E-state index in [0.717, 1.165) is 29.3 Å². The average molecular weight is 415 g/mol. The van der Waals surface area contributed by atoms with E-state index in [1.54, 1.807) is 11.1 Å². The number of pyridine rings is 1. The van der Waals surface area contributed by atoms with Crippen LogP contribution in [0.4, 0.5) is 24.9 Å². The zero-order chi connectivity index (χ0) is 21.3. The molecule has 0 radical (unpaired) electrons. The first-order chi connectivity index (χ1) is 14.3. The smallest absolute Gasteiger partial charge is 0.353 e. The summed E-state index contributed by atoms with van der Waals surface area (Å²) < 4.78 is 38.8. The van der Waals surface area contributed by atoms with E-state index in [1.165, 1.54) is 0 Å². The number of nitrogens with zero attached hydrogens (tertiary/aromatic N) is 7. The summed E-state index contributed by atoms with van der Waals surface area (Å²) in [6.45, 7) is 6.04. The van der Waals surface area contributed by atoms with Gasteiger partial charge in [0.05, 0.1) is 0 Å². The van der Waals surface area contributed by atoms with Crippen molar-refractivity contribution >= 4 is 11.8 Å². The predicted octanol–water partition coefficient (Wildman–Crippen LogP) is 3.29. The zero-order valence-corrected chi connectivity index (χ0v) is 16.6. The summed E-state index contributed by atoms with van der Waals surface area (Å²) >= 11 is 0. The molecule has 0 atom stereocenters. The Bertz CT molecular complexity index is 1030. The number of alkyl halides is 3. The van der Waals surface area contributed by atoms with Crippen LogP contribution in [-0.2, 0) is 6.18 Å². The van der Waals surface area contributed by atoms with Crippen molar-refractivity contribution in [2.24, 2.45) is 0 Å². The van der Waals surface area contributed by atoms with Gasteiger partial charge < -0.3 is 9.80 Å². The van der Waals surface area contributed by atoms with Gasteiger partial charge in [0.2, 0.25) is 5.95 Å². The van der Waals surface area contributed by atoms with Gasteiger partial charge in [-0.3, -0.25) is 4.98 Å². The maximum absolute atomic E-state index is 12.9. The highest BCUT2D eigenvalue weighted by atomic mass is 19.4. The Hall–Kier alpha value is -3.30. The van der Waals surface area contributed by atoms with Gasteiger partial charge in [0, 0.05) is 49.8 Å². The minimum absolute atomic E-state index is 0.0919. The maximum atomic E-state index is 12.9. The van der Waals surface area contributed by atoms with Gasteiger partial charge in [-0.15, -0.1) is 0 Å². The average Bonchev–Trinajstić information content (AvgIpc) is 2.76. The molecule has 1 saturated heterocycles. The van der Waals surface area contributed by atoms with Crippen molar-refractivity contribution in [3.05, 3.63) is 53.6 Å². The van der Waals surface area contributed by atoms with Gasteiger partial charge in [0.15, 0.2) is 5.82 Å². The van der Waals surface area contributed by atoms with Crippen molar-refractivity contribution in [1.29, 1.82) is 0 Å². The molecule has 0 amide bonds. The largest absolute Gasteiger partial charge is 0.433 e. The third-order valence-electron chi connectivity index (χ3n) is 5.05. The van der Waals surface area contributed by atoms with Crippen LogP contribution in [0.2, 0.25) is 0 Å². The van der Waals surface area contributed by atoms with Crippen molar-refractivity contribution in [2.75, 3.05) is 36.0 Å². The molecule has 30 heavy (non-hydrogen) atoms. The Morgan fingerprint density at radius 3 is 2.23 bits per heavy atom. The number of rotatable bonds is 3. The molecule has 1 aliphatic rings. The van der Waals surface area contributed by atoms with Gasteiger partial charge in [-0.1, -0.05) is 6.07 Å². The molecule has 0 saturated carbocycles. The Kier molecular flexibility index (Phi) is 5.23. The van der Waals surface area contributed by atoms with Crippen LogP contribution in [0.25, 0.3) is 11.5 Å². The highest BCUT2D eigenvalue weighted by Gasteiger charge is 2.33. The highest BCUT2D eigenvalue weighted by Crippen LogP contribution is 2.29. The van der Waals surface area contributed by atoms with E-state index in [4.69, 9.17) is 4.98 Å². The summed E-state index contributed by atoms with van der Waals surface area (Å²) in [5.41, 5.74) is 1.60. The molecule has 0 aliphatic carbocycles. The summed E-state index contributed by atoms with van der Waals surface area (Å²) in [7, 11) is 0. The lowest BCUT2D eigenvalue weighted by Crippen LogP contribution is -2.47. The Morgan fingerprint density at radius 2 is 1.57 bits per heavy atom. The molecule has 0 bridgehead atoms. The first-order valence-electron chi connectivity index (χ1n) is 9.50. The molecule has 0 unspecified atom stereocenters. The van der Waals surface area contributed by atoms with Crippen LogP contribution >= 0.6 is 0 Å². The second kappa shape index (κ2) is 7.85. The molecule has 0 N–H and O–H groups in total. The molecule has 4 rings (SSSR count). The highest BCUT2D eigenvalue weighted by molar-refractivity contribution is 5.58. The van der Waals surface area contributed by atoms with E-state index in [-0.39, 0.29) is 5.95 Å². The van der Waals surface area contributed by atoms with E-state index in [0.29, 0.717) is 37.7 Å². The first-order valence-corrected chi connectivity index (χ1v) is 9.50. The van der Waals surface area contributed by atoms with Gasteiger partial charge in [-0.25, -0.2) is 19.9 Å². The second-order valence-electron chi connectivity index (χ2n) is 7.01. The fourth-order valence-corrected chi connectivity index (χ4v) is 3.31. The zero-order valence-electron chi connectivity index (χ0n) is 16.6. The lowest BCUT2D eigenvalue weighted by molar-refractivity contribution is -0.141. The van der Waals surface area contributed by atoms with Crippen LogP contribution in [0.5, 0.6) is 0 Å². The van der Waals surface area contributed by atoms with E-state index in [9.17, 15) is 13.2 Å².